The molecule has 1 aliphatic rings. The van der Waals surface area contributed by atoms with Gasteiger partial charge in [-0.1, -0.05) is 12.1 Å². The van der Waals surface area contributed by atoms with E-state index in [1.54, 1.807) is 12.0 Å². The van der Waals surface area contributed by atoms with Crippen molar-refractivity contribution in [1.82, 2.24) is 10.2 Å². The van der Waals surface area contributed by atoms with Crippen molar-refractivity contribution in [2.75, 3.05) is 20.2 Å². The minimum absolute atomic E-state index is 0.233. The second kappa shape index (κ2) is 6.57. The summed E-state index contributed by atoms with van der Waals surface area (Å²) < 4.78 is 10.5. The summed E-state index contributed by atoms with van der Waals surface area (Å²) in [5, 5.41) is 3.53. The molecule has 22 heavy (non-hydrogen) atoms. The van der Waals surface area contributed by atoms with Crippen molar-refractivity contribution < 1.29 is 14.3 Å². The summed E-state index contributed by atoms with van der Waals surface area (Å²) >= 11 is 0. The fourth-order valence-corrected chi connectivity index (χ4v) is 2.40. The number of carbonyl (C=O) groups excluding carboxylic acids is 1. The van der Waals surface area contributed by atoms with E-state index in [0.29, 0.717) is 19.1 Å². The average molecular weight is 306 g/mol. The molecule has 0 saturated carbocycles. The van der Waals surface area contributed by atoms with Crippen LogP contribution in [-0.2, 0) is 4.74 Å². The number of nitrogens with one attached hydrogen (secondary N) is 1. The molecule has 1 amide bonds. The van der Waals surface area contributed by atoms with Crippen LogP contribution in [0.5, 0.6) is 5.75 Å². The van der Waals surface area contributed by atoms with Gasteiger partial charge in [0.05, 0.1) is 7.11 Å². The molecule has 0 aromatic heterocycles. The summed E-state index contributed by atoms with van der Waals surface area (Å²) in [6.45, 7) is 9.15. The van der Waals surface area contributed by atoms with E-state index in [0.717, 1.165) is 5.75 Å². The van der Waals surface area contributed by atoms with Crippen molar-refractivity contribution in [2.24, 2.45) is 0 Å². The Hall–Kier alpha value is -1.75. The number of hydrogen-bond acceptors (Lipinski definition) is 4. The maximum Gasteiger partial charge on any atom is 0.410 e. The van der Waals surface area contributed by atoms with Crippen molar-refractivity contribution in [1.29, 1.82) is 0 Å². The van der Waals surface area contributed by atoms with Crippen molar-refractivity contribution >= 4 is 6.09 Å². The first-order valence-corrected chi connectivity index (χ1v) is 7.66. The number of methoxy groups -OCH3 is 1. The Labute approximate surface area is 132 Å². The first-order valence-electron chi connectivity index (χ1n) is 7.66. The minimum atomic E-state index is -0.439. The van der Waals surface area contributed by atoms with Gasteiger partial charge in [-0.25, -0.2) is 4.79 Å². The third-order valence-corrected chi connectivity index (χ3v) is 3.63. The summed E-state index contributed by atoms with van der Waals surface area (Å²) in [7, 11) is 1.66. The molecule has 1 heterocycles. The SMILES string of the molecule is COc1ccc([C@@H](C)NC2CN(C(=O)OC(C)(C)C)C2)cc1. The standard InChI is InChI=1S/C17H26N2O3/c1-12(13-6-8-15(21-5)9-7-13)18-14-10-19(11-14)16(20)22-17(2,3)4/h6-9,12,14,18H,10-11H2,1-5H3/t12-/m1/s1. The average Bonchev–Trinajstić information content (AvgIpc) is 2.40. The Morgan fingerprint density at radius 1 is 1.27 bits per heavy atom. The van der Waals surface area contributed by atoms with Crippen LogP contribution in [0.4, 0.5) is 4.79 Å². The van der Waals surface area contributed by atoms with E-state index in [9.17, 15) is 4.79 Å². The van der Waals surface area contributed by atoms with Crippen LogP contribution >= 0.6 is 0 Å². The van der Waals surface area contributed by atoms with Crippen molar-refractivity contribution in [3.8, 4) is 5.75 Å². The minimum Gasteiger partial charge on any atom is -0.497 e. The van der Waals surface area contributed by atoms with Crippen LogP contribution in [0.25, 0.3) is 0 Å². The zero-order chi connectivity index (χ0) is 16.3. The Bertz CT molecular complexity index is 502. The smallest absolute Gasteiger partial charge is 0.410 e. The molecular formula is C17H26N2O3. The van der Waals surface area contributed by atoms with Crippen LogP contribution < -0.4 is 10.1 Å². The first-order chi connectivity index (χ1) is 10.3. The highest BCUT2D eigenvalue weighted by Gasteiger charge is 2.34. The number of rotatable bonds is 4. The van der Waals surface area contributed by atoms with Gasteiger partial charge in [0.25, 0.3) is 0 Å². The molecule has 1 aromatic carbocycles. The lowest BCUT2D eigenvalue weighted by molar-refractivity contribution is 0.00434. The number of benzene rings is 1. The Balaban J connectivity index is 1.78. The maximum absolute atomic E-state index is 11.9. The second-order valence-electron chi connectivity index (χ2n) is 6.74. The summed E-state index contributed by atoms with van der Waals surface area (Å²) in [6.07, 6.45) is -0.234. The van der Waals surface area contributed by atoms with E-state index in [-0.39, 0.29) is 12.1 Å². The van der Waals surface area contributed by atoms with Gasteiger partial charge in [0, 0.05) is 25.2 Å². The summed E-state index contributed by atoms with van der Waals surface area (Å²) in [5.41, 5.74) is 0.767. The van der Waals surface area contributed by atoms with Crippen LogP contribution in [-0.4, -0.2) is 42.8 Å². The predicted octanol–water partition coefficient (Wildman–Crippen LogP) is 2.97. The molecule has 2 rings (SSSR count). The Kier molecular flexibility index (Phi) is 4.96. The van der Waals surface area contributed by atoms with Crippen molar-refractivity contribution in [2.45, 2.75) is 45.4 Å². The van der Waals surface area contributed by atoms with E-state index in [2.05, 4.69) is 24.4 Å². The van der Waals surface area contributed by atoms with Crippen LogP contribution in [0.2, 0.25) is 0 Å². The Morgan fingerprint density at radius 3 is 2.36 bits per heavy atom. The second-order valence-corrected chi connectivity index (χ2v) is 6.74. The first kappa shape index (κ1) is 16.6. The molecule has 5 nitrogen and oxygen atoms in total. The molecule has 0 radical (unpaired) electrons. The van der Waals surface area contributed by atoms with Gasteiger partial charge in [0.1, 0.15) is 11.4 Å². The number of hydrogen-bond donors (Lipinski definition) is 1. The van der Waals surface area contributed by atoms with E-state index in [1.807, 2.05) is 32.9 Å². The van der Waals surface area contributed by atoms with Gasteiger partial charge in [-0.05, 0) is 45.4 Å². The molecule has 122 valence electrons. The normalized spacial score (nSPS) is 16.9. The molecule has 0 unspecified atom stereocenters. The van der Waals surface area contributed by atoms with E-state index in [1.165, 1.54) is 5.56 Å². The lowest BCUT2D eigenvalue weighted by atomic mass is 10.0. The molecule has 1 fully saturated rings. The molecule has 1 atom stereocenters. The quantitative estimate of drug-likeness (QED) is 0.929. The zero-order valence-electron chi connectivity index (χ0n) is 14.1. The van der Waals surface area contributed by atoms with Gasteiger partial charge in [-0.3, -0.25) is 0 Å². The number of amides is 1. The van der Waals surface area contributed by atoms with Crippen LogP contribution in [0.15, 0.2) is 24.3 Å². The van der Waals surface area contributed by atoms with Crippen LogP contribution in [0.1, 0.15) is 39.3 Å². The summed E-state index contributed by atoms with van der Waals surface area (Å²) in [5.74, 6) is 0.857. The van der Waals surface area contributed by atoms with Gasteiger partial charge in [0.2, 0.25) is 0 Å². The molecule has 1 aromatic rings. The van der Waals surface area contributed by atoms with Crippen LogP contribution in [0, 0.1) is 0 Å². The molecule has 0 spiro atoms. The topological polar surface area (TPSA) is 50.8 Å². The highest BCUT2D eigenvalue weighted by molar-refractivity contribution is 5.69. The monoisotopic (exact) mass is 306 g/mol. The summed E-state index contributed by atoms with van der Waals surface area (Å²) in [6, 6.07) is 8.57. The fraction of sp³-hybridized carbons (Fsp3) is 0.588. The maximum atomic E-state index is 11.9. The van der Waals surface area contributed by atoms with Crippen LogP contribution in [0.3, 0.4) is 0 Å². The van der Waals surface area contributed by atoms with Crippen molar-refractivity contribution in [3.63, 3.8) is 0 Å². The summed E-state index contributed by atoms with van der Waals surface area (Å²) in [4.78, 5) is 13.6. The Morgan fingerprint density at radius 2 is 1.86 bits per heavy atom. The van der Waals surface area contributed by atoms with Crippen molar-refractivity contribution in [3.05, 3.63) is 29.8 Å². The molecule has 0 bridgehead atoms. The third kappa shape index (κ3) is 4.37. The highest BCUT2D eigenvalue weighted by Crippen LogP contribution is 2.20. The lowest BCUT2D eigenvalue weighted by Gasteiger charge is -2.41. The van der Waals surface area contributed by atoms with E-state index in [4.69, 9.17) is 9.47 Å². The number of ether oxygens (including phenoxy) is 2. The van der Waals surface area contributed by atoms with E-state index >= 15 is 0 Å². The molecular weight excluding hydrogens is 280 g/mol. The molecule has 1 aliphatic heterocycles. The van der Waals surface area contributed by atoms with Gasteiger partial charge in [-0.15, -0.1) is 0 Å². The molecule has 1 saturated heterocycles. The highest BCUT2D eigenvalue weighted by atomic mass is 16.6. The fourth-order valence-electron chi connectivity index (χ4n) is 2.40. The number of nitrogens with zero attached hydrogens (tertiary/aromatic N) is 1. The predicted molar refractivity (Wildman–Crippen MR) is 86.1 cm³/mol. The van der Waals surface area contributed by atoms with Gasteiger partial charge >= 0.3 is 6.09 Å². The lowest BCUT2D eigenvalue weighted by Crippen LogP contribution is -2.60. The molecule has 1 N–H and O–H groups in total. The zero-order valence-corrected chi connectivity index (χ0v) is 14.1. The molecule has 0 aliphatic carbocycles. The van der Waals surface area contributed by atoms with Gasteiger partial charge in [-0.2, -0.15) is 0 Å². The number of likely N-dealkylation sites (tertiary alicyclic amines) is 1. The van der Waals surface area contributed by atoms with Gasteiger partial charge < -0.3 is 19.7 Å². The largest absolute Gasteiger partial charge is 0.497 e. The third-order valence-electron chi connectivity index (χ3n) is 3.63. The number of carbonyl (C=O) groups is 1. The van der Waals surface area contributed by atoms with Gasteiger partial charge in [0.15, 0.2) is 0 Å². The molecule has 5 heteroatoms. The van der Waals surface area contributed by atoms with E-state index < -0.39 is 5.60 Å².